The zero-order valence-electron chi connectivity index (χ0n) is 13.9. The Morgan fingerprint density at radius 3 is 2.68 bits per heavy atom. The second kappa shape index (κ2) is 7.41. The molecule has 7 heteroatoms. The Hall–Kier alpha value is -2.12. The third kappa shape index (κ3) is 4.29. The molecule has 3 rings (SSSR count). The van der Waals surface area contributed by atoms with Crippen LogP contribution in [0, 0.1) is 13.8 Å². The minimum Gasteiger partial charge on any atom is -0.467 e. The molecule has 0 aliphatic carbocycles. The van der Waals surface area contributed by atoms with Crippen molar-refractivity contribution in [1.82, 2.24) is 4.90 Å². The van der Waals surface area contributed by atoms with Gasteiger partial charge in [-0.3, -0.25) is 14.5 Å². The van der Waals surface area contributed by atoms with Gasteiger partial charge in [0.05, 0.1) is 18.1 Å². The molecule has 130 valence electrons. The van der Waals surface area contributed by atoms with E-state index in [4.69, 9.17) is 16.6 Å². The van der Waals surface area contributed by atoms with Crippen molar-refractivity contribution in [2.45, 2.75) is 32.1 Å². The molecular formula is C18H18N2O3S2. The van der Waals surface area contributed by atoms with Crippen molar-refractivity contribution in [2.75, 3.05) is 5.32 Å². The van der Waals surface area contributed by atoms with Crippen molar-refractivity contribution in [3.63, 3.8) is 0 Å². The van der Waals surface area contributed by atoms with Crippen LogP contribution in [0.1, 0.15) is 23.3 Å². The molecule has 2 heterocycles. The maximum atomic E-state index is 12.5. The predicted octanol–water partition coefficient (Wildman–Crippen LogP) is 3.65. The lowest BCUT2D eigenvalue weighted by Crippen LogP contribution is -2.32. The van der Waals surface area contributed by atoms with E-state index >= 15 is 0 Å². The Bertz CT molecular complexity index is 797. The number of aryl methyl sites for hydroxylation is 2. The summed E-state index contributed by atoms with van der Waals surface area (Å²) in [5, 5.41) is 2.37. The van der Waals surface area contributed by atoms with Gasteiger partial charge in [-0.1, -0.05) is 30.0 Å². The lowest BCUT2D eigenvalue weighted by Gasteiger charge is -2.14. The first-order valence-electron chi connectivity index (χ1n) is 7.85. The maximum absolute atomic E-state index is 12.5. The number of rotatable bonds is 5. The van der Waals surface area contributed by atoms with Crippen LogP contribution in [0.5, 0.6) is 0 Å². The smallest absolute Gasteiger partial charge is 0.242 e. The average molecular weight is 374 g/mol. The quantitative estimate of drug-likeness (QED) is 0.810. The number of thiocarbonyl (C=S) groups is 1. The van der Waals surface area contributed by atoms with Crippen molar-refractivity contribution in [3.05, 3.63) is 53.5 Å². The summed E-state index contributed by atoms with van der Waals surface area (Å²) in [5.74, 6) is 0.317. The summed E-state index contributed by atoms with van der Waals surface area (Å²) in [6.07, 6.45) is 1.64. The molecule has 1 N–H and O–H groups in total. The van der Waals surface area contributed by atoms with Crippen LogP contribution in [0.25, 0.3) is 0 Å². The molecule has 0 radical (unpaired) electrons. The number of hydrogen-bond donors (Lipinski definition) is 1. The van der Waals surface area contributed by atoms with Crippen molar-refractivity contribution >= 4 is 45.8 Å². The summed E-state index contributed by atoms with van der Waals surface area (Å²) in [6, 6.07) is 9.41. The number of hydrogen-bond acceptors (Lipinski definition) is 5. The van der Waals surface area contributed by atoms with Crippen molar-refractivity contribution in [2.24, 2.45) is 0 Å². The van der Waals surface area contributed by atoms with Crippen molar-refractivity contribution < 1.29 is 14.0 Å². The standard InChI is InChI=1S/C18H18N2O3S2/c1-11-6-12(2)8-13(7-11)19-16(21)9-15-17(22)20(18(24)25-15)10-14-4-3-5-23-14/h3-8,15H,9-10H2,1-2H3,(H,19,21). The van der Waals surface area contributed by atoms with Crippen LogP contribution >= 0.6 is 24.0 Å². The normalized spacial score (nSPS) is 17.2. The van der Waals surface area contributed by atoms with Gasteiger partial charge in [0.2, 0.25) is 11.8 Å². The molecule has 25 heavy (non-hydrogen) atoms. The number of thioether (sulfide) groups is 1. The molecule has 1 aromatic heterocycles. The zero-order valence-corrected chi connectivity index (χ0v) is 15.6. The highest BCUT2D eigenvalue weighted by molar-refractivity contribution is 8.24. The molecule has 0 bridgehead atoms. The Morgan fingerprint density at radius 1 is 1.32 bits per heavy atom. The summed E-state index contributed by atoms with van der Waals surface area (Å²) >= 11 is 6.53. The molecular weight excluding hydrogens is 356 g/mol. The molecule has 5 nitrogen and oxygen atoms in total. The topological polar surface area (TPSA) is 62.6 Å². The molecule has 1 aromatic carbocycles. The van der Waals surface area contributed by atoms with Crippen LogP contribution in [0.2, 0.25) is 0 Å². The fraction of sp³-hybridized carbons (Fsp3) is 0.278. The van der Waals surface area contributed by atoms with Gasteiger partial charge in [0, 0.05) is 12.1 Å². The van der Waals surface area contributed by atoms with E-state index in [2.05, 4.69) is 5.32 Å². The predicted molar refractivity (Wildman–Crippen MR) is 102 cm³/mol. The van der Waals surface area contributed by atoms with Crippen molar-refractivity contribution in [1.29, 1.82) is 0 Å². The molecule has 1 fully saturated rings. The minimum absolute atomic E-state index is 0.0886. The lowest BCUT2D eigenvalue weighted by molar-refractivity contribution is -0.128. The number of anilines is 1. The summed E-state index contributed by atoms with van der Waals surface area (Å²) in [4.78, 5) is 26.3. The van der Waals surface area contributed by atoms with Crippen LogP contribution in [0.15, 0.2) is 41.0 Å². The summed E-state index contributed by atoms with van der Waals surface area (Å²) in [7, 11) is 0. The van der Waals surface area contributed by atoms with E-state index in [1.54, 1.807) is 18.4 Å². The number of nitrogens with one attached hydrogen (secondary N) is 1. The van der Waals surface area contributed by atoms with Gasteiger partial charge in [0.1, 0.15) is 10.1 Å². The number of furan rings is 1. The van der Waals surface area contributed by atoms with Crippen LogP contribution in [0.4, 0.5) is 5.69 Å². The molecule has 1 aliphatic heterocycles. The van der Waals surface area contributed by atoms with E-state index in [-0.39, 0.29) is 18.2 Å². The fourth-order valence-electron chi connectivity index (χ4n) is 2.76. The number of carbonyl (C=O) groups is 2. The molecule has 0 spiro atoms. The number of nitrogens with zero attached hydrogens (tertiary/aromatic N) is 1. The fourth-order valence-corrected chi connectivity index (χ4v) is 4.25. The first-order chi connectivity index (χ1) is 11.9. The second-order valence-electron chi connectivity index (χ2n) is 6.00. The molecule has 1 aliphatic rings. The molecule has 2 aromatic rings. The van der Waals surface area contributed by atoms with Gasteiger partial charge < -0.3 is 9.73 Å². The number of amides is 2. The van der Waals surface area contributed by atoms with Crippen molar-refractivity contribution in [3.8, 4) is 0 Å². The van der Waals surface area contributed by atoms with E-state index in [9.17, 15) is 9.59 Å². The highest BCUT2D eigenvalue weighted by atomic mass is 32.2. The van der Waals surface area contributed by atoms with E-state index in [0.29, 0.717) is 16.6 Å². The van der Waals surface area contributed by atoms with E-state index in [0.717, 1.165) is 16.8 Å². The highest BCUT2D eigenvalue weighted by Gasteiger charge is 2.38. The van der Waals surface area contributed by atoms with Gasteiger partial charge in [-0.2, -0.15) is 0 Å². The monoisotopic (exact) mass is 374 g/mol. The van der Waals surface area contributed by atoms with E-state index < -0.39 is 5.25 Å². The van der Waals surface area contributed by atoms with Crippen LogP contribution in [-0.2, 0) is 16.1 Å². The molecule has 1 unspecified atom stereocenters. The third-order valence-electron chi connectivity index (χ3n) is 3.78. The van der Waals surface area contributed by atoms with E-state index in [1.807, 2.05) is 32.0 Å². The highest BCUT2D eigenvalue weighted by Crippen LogP contribution is 2.31. The van der Waals surface area contributed by atoms with Crippen LogP contribution in [0.3, 0.4) is 0 Å². The van der Waals surface area contributed by atoms with Gasteiger partial charge in [-0.25, -0.2) is 0 Å². The Morgan fingerprint density at radius 2 is 2.04 bits per heavy atom. The van der Waals surface area contributed by atoms with Gasteiger partial charge in [0.15, 0.2) is 0 Å². The molecule has 2 amide bonds. The molecule has 0 saturated carbocycles. The largest absolute Gasteiger partial charge is 0.467 e. The summed E-state index contributed by atoms with van der Waals surface area (Å²) < 4.78 is 5.75. The summed E-state index contributed by atoms with van der Waals surface area (Å²) in [5.41, 5.74) is 2.90. The average Bonchev–Trinajstić information content (AvgIpc) is 3.11. The Kier molecular flexibility index (Phi) is 5.24. The molecule has 1 atom stereocenters. The van der Waals surface area contributed by atoms with Gasteiger partial charge >= 0.3 is 0 Å². The van der Waals surface area contributed by atoms with Gasteiger partial charge in [0.25, 0.3) is 0 Å². The van der Waals surface area contributed by atoms with Crippen LogP contribution < -0.4 is 5.32 Å². The van der Waals surface area contributed by atoms with E-state index in [1.165, 1.54) is 16.7 Å². The first-order valence-corrected chi connectivity index (χ1v) is 9.13. The zero-order chi connectivity index (χ0) is 18.0. The second-order valence-corrected chi connectivity index (χ2v) is 7.84. The van der Waals surface area contributed by atoms with Gasteiger partial charge in [-0.05, 0) is 49.2 Å². The lowest BCUT2D eigenvalue weighted by atomic mass is 10.1. The maximum Gasteiger partial charge on any atom is 0.242 e. The van der Waals surface area contributed by atoms with Gasteiger partial charge in [-0.15, -0.1) is 0 Å². The SMILES string of the molecule is Cc1cc(C)cc(NC(=O)CC2SC(=S)N(Cc3ccco3)C2=O)c1. The minimum atomic E-state index is -0.492. The number of benzene rings is 1. The molecule has 1 saturated heterocycles. The Labute approximate surface area is 155 Å². The Balaban J connectivity index is 1.61. The number of carbonyl (C=O) groups excluding carboxylic acids is 2. The summed E-state index contributed by atoms with van der Waals surface area (Å²) in [6.45, 7) is 4.25. The van der Waals surface area contributed by atoms with Crippen LogP contribution in [-0.4, -0.2) is 26.3 Å². The third-order valence-corrected chi connectivity index (χ3v) is 5.36. The first kappa shape index (κ1) is 17.7.